The van der Waals surface area contributed by atoms with Crippen molar-refractivity contribution in [2.75, 3.05) is 11.9 Å². The van der Waals surface area contributed by atoms with Crippen LogP contribution in [0.2, 0.25) is 0 Å². The lowest BCUT2D eigenvalue weighted by Crippen LogP contribution is -2.45. The maximum Gasteiger partial charge on any atom is 0.573 e. The van der Waals surface area contributed by atoms with Gasteiger partial charge in [0.05, 0.1) is 5.56 Å². The van der Waals surface area contributed by atoms with E-state index in [1.807, 2.05) is 26.0 Å². The van der Waals surface area contributed by atoms with Gasteiger partial charge in [-0.3, -0.25) is 9.69 Å². The lowest BCUT2D eigenvalue weighted by molar-refractivity contribution is -0.274. The molecule has 1 fully saturated rings. The number of ketones is 1. The van der Waals surface area contributed by atoms with Gasteiger partial charge >= 0.3 is 6.36 Å². The van der Waals surface area contributed by atoms with Crippen molar-refractivity contribution in [2.24, 2.45) is 0 Å². The first kappa shape index (κ1) is 27.2. The van der Waals surface area contributed by atoms with Crippen molar-refractivity contribution in [3.8, 4) is 5.75 Å². The standard InChI is InChI=1S/C25H31F3N2O4S/c1-4-20-14-21(23(33)17-7-10-19(11-8-17)34-25(26,27)28)24(35-20)29-15(2)16(3)30-13-5-6-18(30)9-12-22(31)32/h7-12,14-16,18,22,29,31-32H,4-6,13H2,1-3H3/b12-9+. The van der Waals surface area contributed by atoms with Gasteiger partial charge in [-0.2, -0.15) is 0 Å². The van der Waals surface area contributed by atoms with E-state index in [1.54, 1.807) is 0 Å². The monoisotopic (exact) mass is 512 g/mol. The summed E-state index contributed by atoms with van der Waals surface area (Å²) in [6.07, 6.45) is -0.394. The summed E-state index contributed by atoms with van der Waals surface area (Å²) in [6.45, 7) is 7.00. The summed E-state index contributed by atoms with van der Waals surface area (Å²) in [5.41, 5.74) is 0.757. The summed E-state index contributed by atoms with van der Waals surface area (Å²) in [7, 11) is 0. The van der Waals surface area contributed by atoms with Crippen LogP contribution >= 0.6 is 11.3 Å². The predicted molar refractivity (Wildman–Crippen MR) is 130 cm³/mol. The molecule has 2 heterocycles. The van der Waals surface area contributed by atoms with E-state index in [0.29, 0.717) is 5.56 Å². The van der Waals surface area contributed by atoms with E-state index in [9.17, 15) is 18.0 Å². The Labute approximate surface area is 207 Å². The van der Waals surface area contributed by atoms with E-state index < -0.39 is 12.7 Å². The molecule has 10 heteroatoms. The number of benzene rings is 1. The van der Waals surface area contributed by atoms with Gasteiger partial charge in [0.1, 0.15) is 10.8 Å². The Kier molecular flexibility index (Phi) is 8.98. The van der Waals surface area contributed by atoms with Crippen LogP contribution in [0.5, 0.6) is 5.75 Å². The van der Waals surface area contributed by atoms with Gasteiger partial charge in [-0.25, -0.2) is 0 Å². The highest BCUT2D eigenvalue weighted by Crippen LogP contribution is 2.33. The second kappa shape index (κ2) is 11.6. The van der Waals surface area contributed by atoms with Gasteiger partial charge in [0.2, 0.25) is 0 Å². The summed E-state index contributed by atoms with van der Waals surface area (Å²) in [4.78, 5) is 16.6. The average Bonchev–Trinajstić information content (AvgIpc) is 3.43. The first-order valence-electron chi connectivity index (χ1n) is 11.6. The van der Waals surface area contributed by atoms with E-state index in [2.05, 4.69) is 21.9 Å². The van der Waals surface area contributed by atoms with Crippen LogP contribution in [-0.4, -0.2) is 58.2 Å². The first-order chi connectivity index (χ1) is 16.5. The largest absolute Gasteiger partial charge is 0.573 e. The molecule has 0 amide bonds. The summed E-state index contributed by atoms with van der Waals surface area (Å²) < 4.78 is 41.2. The number of aryl methyl sites for hydroxylation is 1. The average molecular weight is 513 g/mol. The molecule has 35 heavy (non-hydrogen) atoms. The number of ether oxygens (including phenoxy) is 1. The zero-order valence-corrected chi connectivity index (χ0v) is 20.7. The molecule has 1 aromatic carbocycles. The van der Waals surface area contributed by atoms with E-state index >= 15 is 0 Å². The van der Waals surface area contributed by atoms with Crippen molar-refractivity contribution >= 4 is 22.1 Å². The van der Waals surface area contributed by atoms with Gasteiger partial charge in [0.15, 0.2) is 12.1 Å². The Balaban J connectivity index is 1.76. The van der Waals surface area contributed by atoms with Crippen LogP contribution in [0.4, 0.5) is 18.2 Å². The second-order valence-electron chi connectivity index (χ2n) is 8.63. The minimum atomic E-state index is -4.79. The maximum absolute atomic E-state index is 13.2. The summed E-state index contributed by atoms with van der Waals surface area (Å²) in [5, 5.41) is 22.5. The molecule has 1 aliphatic heterocycles. The van der Waals surface area contributed by atoms with E-state index in [1.165, 1.54) is 29.5 Å². The van der Waals surface area contributed by atoms with Gasteiger partial charge in [0.25, 0.3) is 0 Å². The number of thiophene rings is 1. The minimum absolute atomic E-state index is 0.0273. The topological polar surface area (TPSA) is 82.0 Å². The first-order valence-corrected chi connectivity index (χ1v) is 12.4. The number of hydrogen-bond donors (Lipinski definition) is 3. The minimum Gasteiger partial charge on any atom is -0.406 e. The van der Waals surface area contributed by atoms with Crippen LogP contribution in [0.25, 0.3) is 0 Å². The van der Waals surface area contributed by atoms with Crippen LogP contribution in [-0.2, 0) is 6.42 Å². The number of nitrogens with zero attached hydrogens (tertiary/aromatic N) is 1. The molecular formula is C25H31F3N2O4S. The Morgan fingerprint density at radius 1 is 1.29 bits per heavy atom. The van der Waals surface area contributed by atoms with Gasteiger partial charge in [-0.1, -0.05) is 13.0 Å². The third-order valence-corrected chi connectivity index (χ3v) is 7.39. The van der Waals surface area contributed by atoms with Crippen LogP contribution < -0.4 is 10.1 Å². The highest BCUT2D eigenvalue weighted by Gasteiger charge is 2.32. The van der Waals surface area contributed by atoms with Crippen molar-refractivity contribution in [3.63, 3.8) is 0 Å². The van der Waals surface area contributed by atoms with Gasteiger partial charge in [0, 0.05) is 28.6 Å². The highest BCUT2D eigenvalue weighted by atomic mass is 32.1. The molecule has 3 atom stereocenters. The van der Waals surface area contributed by atoms with Crippen molar-refractivity contribution in [1.29, 1.82) is 0 Å². The fourth-order valence-corrected chi connectivity index (χ4v) is 5.31. The van der Waals surface area contributed by atoms with Crippen molar-refractivity contribution < 1.29 is 32.9 Å². The van der Waals surface area contributed by atoms with Crippen LogP contribution in [0.15, 0.2) is 42.5 Å². The Morgan fingerprint density at radius 2 is 1.97 bits per heavy atom. The molecule has 1 aromatic heterocycles. The van der Waals surface area contributed by atoms with Gasteiger partial charge in [-0.15, -0.1) is 24.5 Å². The lowest BCUT2D eigenvalue weighted by Gasteiger charge is -2.34. The number of rotatable bonds is 10. The molecular weight excluding hydrogens is 481 g/mol. The maximum atomic E-state index is 13.2. The lowest BCUT2D eigenvalue weighted by atomic mass is 10.0. The van der Waals surface area contributed by atoms with E-state index in [4.69, 9.17) is 10.2 Å². The quantitative estimate of drug-likeness (QED) is 0.237. The number of carbonyl (C=O) groups excluding carboxylic acids is 1. The number of halogens is 3. The summed E-state index contributed by atoms with van der Waals surface area (Å²) in [6, 6.07) is 6.93. The SMILES string of the molecule is CCc1cc(C(=O)c2ccc(OC(F)(F)F)cc2)c(NC(C)C(C)N2CCCC2/C=C/C(O)O)s1. The van der Waals surface area contributed by atoms with E-state index in [-0.39, 0.29) is 35.2 Å². The number of aliphatic hydroxyl groups excluding tert-OH is 1. The highest BCUT2D eigenvalue weighted by molar-refractivity contribution is 7.16. The number of carbonyl (C=O) groups is 1. The van der Waals surface area contributed by atoms with Crippen LogP contribution in [0.1, 0.15) is 54.4 Å². The fraction of sp³-hybridized carbons (Fsp3) is 0.480. The van der Waals surface area contributed by atoms with Crippen LogP contribution in [0.3, 0.4) is 0 Å². The van der Waals surface area contributed by atoms with E-state index in [0.717, 1.165) is 47.8 Å². The molecule has 0 aliphatic carbocycles. The molecule has 1 aliphatic rings. The predicted octanol–water partition coefficient (Wildman–Crippen LogP) is 4.96. The zero-order valence-electron chi connectivity index (χ0n) is 19.9. The van der Waals surface area contributed by atoms with Crippen molar-refractivity contribution in [2.45, 2.75) is 70.8 Å². The molecule has 3 unspecified atom stereocenters. The number of hydrogen-bond acceptors (Lipinski definition) is 7. The number of likely N-dealkylation sites (tertiary alicyclic amines) is 1. The molecule has 6 nitrogen and oxygen atoms in total. The Morgan fingerprint density at radius 3 is 2.57 bits per heavy atom. The van der Waals surface area contributed by atoms with Gasteiger partial charge < -0.3 is 20.3 Å². The third kappa shape index (κ3) is 7.30. The molecule has 0 spiro atoms. The number of alkyl halides is 3. The zero-order chi connectivity index (χ0) is 25.8. The van der Waals surface area contributed by atoms with Crippen molar-refractivity contribution in [3.05, 3.63) is 58.5 Å². The Bertz CT molecular complexity index is 1020. The second-order valence-corrected chi connectivity index (χ2v) is 9.77. The molecule has 192 valence electrons. The summed E-state index contributed by atoms with van der Waals surface area (Å²) >= 11 is 1.49. The molecule has 2 aromatic rings. The molecule has 0 saturated carbocycles. The fourth-order valence-electron chi connectivity index (χ4n) is 4.22. The molecule has 0 bridgehead atoms. The molecule has 3 N–H and O–H groups in total. The summed E-state index contributed by atoms with van der Waals surface area (Å²) in [5.74, 6) is -0.655. The molecule has 3 rings (SSSR count). The van der Waals surface area contributed by atoms with Crippen LogP contribution in [0, 0.1) is 0 Å². The number of aliphatic hydroxyl groups is 2. The Hall–Kier alpha value is -2.40. The number of nitrogens with one attached hydrogen (secondary N) is 1. The number of anilines is 1. The smallest absolute Gasteiger partial charge is 0.406 e. The molecule has 0 radical (unpaired) electrons. The molecule has 1 saturated heterocycles. The normalized spacial score (nSPS) is 18.8. The third-order valence-electron chi connectivity index (χ3n) is 6.18. The van der Waals surface area contributed by atoms with Crippen molar-refractivity contribution in [1.82, 2.24) is 4.90 Å². The van der Waals surface area contributed by atoms with Gasteiger partial charge in [-0.05, 0) is 76.1 Å².